The molecular weight excluding hydrogens is 600 g/mol. The van der Waals surface area contributed by atoms with E-state index in [1.165, 1.54) is 17.4 Å². The Morgan fingerprint density at radius 1 is 1.14 bits per heavy atom. The number of halogens is 1. The van der Waals surface area contributed by atoms with Crippen LogP contribution >= 0.6 is 11.3 Å². The van der Waals surface area contributed by atoms with Crippen molar-refractivity contribution in [3.63, 3.8) is 0 Å². The van der Waals surface area contributed by atoms with Gasteiger partial charge in [-0.2, -0.15) is 4.98 Å². The Labute approximate surface area is 261 Å². The van der Waals surface area contributed by atoms with Crippen molar-refractivity contribution in [1.82, 2.24) is 29.7 Å². The molecule has 2 aliphatic rings. The fourth-order valence-electron chi connectivity index (χ4n) is 6.23. The lowest BCUT2D eigenvalue weighted by molar-refractivity contribution is 0.280. The first kappa shape index (κ1) is 30.6. The van der Waals surface area contributed by atoms with Crippen molar-refractivity contribution in [1.29, 1.82) is 0 Å². The highest BCUT2D eigenvalue weighted by molar-refractivity contribution is 8.02. The van der Waals surface area contributed by atoms with Crippen LogP contribution in [0.2, 0.25) is 0 Å². The van der Waals surface area contributed by atoms with Crippen LogP contribution in [0.4, 0.5) is 21.7 Å². The van der Waals surface area contributed by atoms with Crippen LogP contribution < -0.4 is 21.1 Å². The summed E-state index contributed by atoms with van der Waals surface area (Å²) in [6.45, 7) is 9.69. The molecule has 2 N–H and O–H groups in total. The van der Waals surface area contributed by atoms with Crippen LogP contribution in [0.15, 0.2) is 45.7 Å². The molecule has 2 fully saturated rings. The molecule has 234 valence electrons. The molecule has 4 aromatic rings. The Balaban J connectivity index is 1.26. The van der Waals surface area contributed by atoms with E-state index in [1.54, 1.807) is 29.1 Å². The second-order valence-electron chi connectivity index (χ2n) is 12.0. The molecule has 6 rings (SSSR count). The van der Waals surface area contributed by atoms with E-state index in [0.29, 0.717) is 43.7 Å². The lowest BCUT2D eigenvalue weighted by Gasteiger charge is -2.37. The maximum atomic E-state index is 15.2. The Bertz CT molecular complexity index is 1840. The number of rotatable bonds is 7. The van der Waals surface area contributed by atoms with Crippen molar-refractivity contribution in [2.45, 2.75) is 61.7 Å². The van der Waals surface area contributed by atoms with E-state index < -0.39 is 9.52 Å². The van der Waals surface area contributed by atoms with E-state index in [0.717, 1.165) is 39.0 Å². The number of anilines is 3. The van der Waals surface area contributed by atoms with E-state index in [9.17, 15) is 9.00 Å². The normalized spacial score (nSPS) is 21.4. The van der Waals surface area contributed by atoms with Gasteiger partial charge in [0.15, 0.2) is 0 Å². The van der Waals surface area contributed by atoms with E-state index in [-0.39, 0.29) is 34.7 Å². The van der Waals surface area contributed by atoms with Crippen molar-refractivity contribution in [3.8, 4) is 10.6 Å². The molecule has 0 radical (unpaired) electrons. The molecule has 1 aromatic carbocycles. The standard InChI is InChI=1S/C31H39FN8O2S2/c1-6-40-28-21(13-24(30(40)41)29-33-16-27(43-29)44(5,42)23-9-11-38(4)12-10-23)15-34-31(37-28)36-22-7-8-26(25(32)14-22)39-17-19(2)35-20(3)18-39/h7-8,13-16,19-20,23,35H,5-6,9-12,17-18H2,1-4H3,(H,34,36,37)/t19-,20+,44?. The van der Waals surface area contributed by atoms with Gasteiger partial charge >= 0.3 is 0 Å². The number of piperidine rings is 1. The summed E-state index contributed by atoms with van der Waals surface area (Å²) in [6, 6.07) is 7.31. The second kappa shape index (κ2) is 12.2. The van der Waals surface area contributed by atoms with E-state index >= 15 is 4.39 Å². The van der Waals surface area contributed by atoms with Crippen LogP contribution in [0, 0.1) is 5.82 Å². The van der Waals surface area contributed by atoms with Crippen LogP contribution in [-0.4, -0.2) is 85.1 Å². The third-order valence-corrected chi connectivity index (χ3v) is 12.8. The molecule has 5 heterocycles. The first-order valence-electron chi connectivity index (χ1n) is 15.0. The first-order valence-corrected chi connectivity index (χ1v) is 17.6. The van der Waals surface area contributed by atoms with Gasteiger partial charge in [0.1, 0.15) is 20.7 Å². The minimum absolute atomic E-state index is 0.00522. The van der Waals surface area contributed by atoms with Crippen LogP contribution in [0.5, 0.6) is 0 Å². The first-order chi connectivity index (χ1) is 21.0. The van der Waals surface area contributed by atoms with Gasteiger partial charge in [-0.3, -0.25) is 13.6 Å². The number of pyridine rings is 1. The average molecular weight is 639 g/mol. The highest BCUT2D eigenvalue weighted by atomic mass is 32.2. The molecular formula is C31H39FN8O2S2. The van der Waals surface area contributed by atoms with Gasteiger partial charge in [0.05, 0.1) is 17.4 Å². The predicted octanol–water partition coefficient (Wildman–Crippen LogP) is 4.17. The number of benzene rings is 1. The Kier molecular flexibility index (Phi) is 8.48. The van der Waals surface area contributed by atoms with E-state index in [1.807, 2.05) is 13.0 Å². The average Bonchev–Trinajstić information content (AvgIpc) is 3.48. The van der Waals surface area contributed by atoms with Gasteiger partial charge in [0.25, 0.3) is 5.56 Å². The molecule has 3 aromatic heterocycles. The third kappa shape index (κ3) is 5.97. The van der Waals surface area contributed by atoms with Crippen molar-refractivity contribution < 1.29 is 8.60 Å². The fraction of sp³-hybridized carbons (Fsp3) is 0.452. The largest absolute Gasteiger partial charge is 0.366 e. The van der Waals surface area contributed by atoms with Gasteiger partial charge < -0.3 is 20.4 Å². The number of nitrogens with one attached hydrogen (secondary N) is 2. The fourth-order valence-corrected chi connectivity index (χ4v) is 9.63. The zero-order valence-corrected chi connectivity index (χ0v) is 27.2. The molecule has 0 spiro atoms. The number of hydrogen-bond donors (Lipinski definition) is 2. The lowest BCUT2D eigenvalue weighted by Crippen LogP contribution is -2.54. The predicted molar refractivity (Wildman–Crippen MR) is 179 cm³/mol. The quantitative estimate of drug-likeness (QED) is 0.289. The van der Waals surface area contributed by atoms with Gasteiger partial charge in [0.2, 0.25) is 5.95 Å². The van der Waals surface area contributed by atoms with Crippen molar-refractivity contribution in [2.24, 2.45) is 0 Å². The molecule has 13 heteroatoms. The summed E-state index contributed by atoms with van der Waals surface area (Å²) in [5.74, 6) is 4.06. The Morgan fingerprint density at radius 3 is 2.55 bits per heavy atom. The monoisotopic (exact) mass is 638 g/mol. The molecule has 0 saturated carbocycles. The number of hydrogen-bond acceptors (Lipinski definition) is 10. The summed E-state index contributed by atoms with van der Waals surface area (Å²) in [7, 11) is -0.472. The van der Waals surface area contributed by atoms with E-state index in [2.05, 4.69) is 62.2 Å². The van der Waals surface area contributed by atoms with Gasteiger partial charge in [-0.15, -0.1) is 11.3 Å². The maximum Gasteiger partial charge on any atom is 0.262 e. The van der Waals surface area contributed by atoms with E-state index in [4.69, 9.17) is 0 Å². The molecule has 44 heavy (non-hydrogen) atoms. The third-order valence-electron chi connectivity index (χ3n) is 8.50. The summed E-state index contributed by atoms with van der Waals surface area (Å²) in [6.07, 6.45) is 4.91. The molecule has 0 aliphatic carbocycles. The molecule has 2 saturated heterocycles. The second-order valence-corrected chi connectivity index (χ2v) is 15.8. The van der Waals surface area contributed by atoms with Crippen LogP contribution in [0.1, 0.15) is 33.6 Å². The topological polar surface area (TPSA) is 108 Å². The summed E-state index contributed by atoms with van der Waals surface area (Å²) in [5.41, 5.74) is 1.71. The number of likely N-dealkylation sites (tertiary alicyclic amines) is 1. The summed E-state index contributed by atoms with van der Waals surface area (Å²) < 4.78 is 31.2. The number of piperazine rings is 1. The Morgan fingerprint density at radius 2 is 1.86 bits per heavy atom. The zero-order valence-electron chi connectivity index (χ0n) is 25.5. The summed E-state index contributed by atoms with van der Waals surface area (Å²) in [4.78, 5) is 31.6. The molecule has 10 nitrogen and oxygen atoms in total. The van der Waals surface area contributed by atoms with Crippen molar-refractivity contribution >= 4 is 55.1 Å². The minimum Gasteiger partial charge on any atom is -0.366 e. The molecule has 1 unspecified atom stereocenters. The number of fused-ring (bicyclic) bond motifs is 1. The highest BCUT2D eigenvalue weighted by Gasteiger charge is 2.28. The SMILES string of the molecule is C=S(=O)(c1cnc(-c2cc3cnc(Nc4ccc(N5C[C@@H](C)N[C@@H](C)C5)c(F)c4)nc3n(CC)c2=O)s1)C1CCN(C)CC1. The van der Waals surface area contributed by atoms with Crippen molar-refractivity contribution in [2.75, 3.05) is 43.4 Å². The van der Waals surface area contributed by atoms with Gasteiger partial charge in [0, 0.05) is 63.8 Å². The summed E-state index contributed by atoms with van der Waals surface area (Å²) >= 11 is 1.28. The minimum atomic E-state index is -2.54. The maximum absolute atomic E-state index is 15.2. The molecule has 0 amide bonds. The lowest BCUT2D eigenvalue weighted by atomic mass is 10.1. The smallest absolute Gasteiger partial charge is 0.262 e. The summed E-state index contributed by atoms with van der Waals surface area (Å²) in [5, 5.41) is 7.73. The molecule has 0 bridgehead atoms. The number of thiazole rings is 1. The van der Waals surface area contributed by atoms with Crippen LogP contribution in [-0.2, 0) is 16.1 Å². The van der Waals surface area contributed by atoms with Gasteiger partial charge in [-0.05, 0) is 83.9 Å². The number of aromatic nitrogens is 4. The zero-order chi connectivity index (χ0) is 31.2. The molecule has 3 atom stereocenters. The molecule has 2 aliphatic heterocycles. The van der Waals surface area contributed by atoms with Gasteiger partial charge in [-0.1, -0.05) is 0 Å². The Hall–Kier alpha value is -3.39. The number of nitrogens with zero attached hydrogens (tertiary/aromatic N) is 6. The van der Waals surface area contributed by atoms with Crippen molar-refractivity contribution in [3.05, 3.63) is 52.8 Å². The number of aryl methyl sites for hydroxylation is 1. The van der Waals surface area contributed by atoms with Gasteiger partial charge in [-0.25, -0.2) is 14.4 Å². The van der Waals surface area contributed by atoms with Crippen LogP contribution in [0.25, 0.3) is 21.6 Å². The highest BCUT2D eigenvalue weighted by Crippen LogP contribution is 2.33. The van der Waals surface area contributed by atoms with Crippen LogP contribution in [0.3, 0.4) is 0 Å².